The van der Waals surface area contributed by atoms with E-state index < -0.39 is 0 Å². The van der Waals surface area contributed by atoms with Crippen molar-refractivity contribution in [2.75, 3.05) is 0 Å². The fourth-order valence-electron chi connectivity index (χ4n) is 7.78. The number of nitrogens with zero attached hydrogens (tertiary/aromatic N) is 1. The third kappa shape index (κ3) is 4.02. The molecule has 2 aromatic carbocycles. The van der Waals surface area contributed by atoms with Crippen molar-refractivity contribution in [3.05, 3.63) is 71.7 Å². The summed E-state index contributed by atoms with van der Waals surface area (Å²) in [4.78, 5) is 17.6. The molecule has 0 radical (unpaired) electrons. The highest BCUT2D eigenvalue weighted by Gasteiger charge is 2.69. The molecule has 0 aliphatic heterocycles. The van der Waals surface area contributed by atoms with Gasteiger partial charge in [-0.05, 0) is 92.7 Å². The minimum Gasteiger partial charge on any atom is -0.490 e. The fourth-order valence-corrected chi connectivity index (χ4v) is 7.78. The van der Waals surface area contributed by atoms with Gasteiger partial charge < -0.3 is 10.1 Å². The van der Waals surface area contributed by atoms with Crippen LogP contribution in [0, 0.1) is 36.4 Å². The predicted octanol–water partition coefficient (Wildman–Crippen LogP) is 6.74. The zero-order valence-electron chi connectivity index (χ0n) is 22.3. The van der Waals surface area contributed by atoms with Crippen molar-refractivity contribution < 1.29 is 13.9 Å². The van der Waals surface area contributed by atoms with Gasteiger partial charge in [0.05, 0.1) is 11.6 Å². The summed E-state index contributed by atoms with van der Waals surface area (Å²) in [6.45, 7) is 8.20. The van der Waals surface area contributed by atoms with Crippen LogP contribution in [0.2, 0.25) is 0 Å². The maximum Gasteiger partial charge on any atom is 0.223 e. The molecule has 37 heavy (non-hydrogen) atoms. The zero-order valence-corrected chi connectivity index (χ0v) is 22.3. The number of carbonyl (C=O) groups excluding carboxylic acids is 1. The SMILES string of the molecule is CC.Cc1ccc2nccc(OC3C[C@@H]4C(C(C)C(=O)NC56CC(c7ccc(F)cc7)(C5)C6)[C@@H]4C3)c2c1. The molecule has 1 aromatic heterocycles. The molecule has 1 N–H and O–H groups in total. The molecule has 1 heterocycles. The van der Waals surface area contributed by atoms with Crippen LogP contribution in [-0.4, -0.2) is 22.5 Å². The quantitative estimate of drug-likeness (QED) is 0.408. The maximum atomic E-state index is 13.3. The Kier molecular flexibility index (Phi) is 5.81. The van der Waals surface area contributed by atoms with Crippen molar-refractivity contribution in [2.24, 2.45) is 23.7 Å². The van der Waals surface area contributed by atoms with E-state index >= 15 is 0 Å². The molecule has 2 bridgehead atoms. The number of benzene rings is 2. The van der Waals surface area contributed by atoms with Gasteiger partial charge in [-0.1, -0.05) is 44.5 Å². The summed E-state index contributed by atoms with van der Waals surface area (Å²) < 4.78 is 19.7. The fraction of sp³-hybridized carbons (Fsp3) is 0.500. The van der Waals surface area contributed by atoms with Gasteiger partial charge in [-0.15, -0.1) is 0 Å². The highest BCUT2D eigenvalue weighted by molar-refractivity contribution is 5.85. The van der Waals surface area contributed by atoms with Crippen LogP contribution in [-0.2, 0) is 10.2 Å². The second kappa shape index (κ2) is 8.82. The van der Waals surface area contributed by atoms with E-state index in [0.717, 1.165) is 48.8 Å². The molecular formula is C32H37FN2O2. The van der Waals surface area contributed by atoms with Crippen LogP contribution >= 0.6 is 0 Å². The van der Waals surface area contributed by atoms with E-state index in [9.17, 15) is 9.18 Å². The summed E-state index contributed by atoms with van der Waals surface area (Å²) >= 11 is 0. The molecule has 3 unspecified atom stereocenters. The molecule has 5 aliphatic carbocycles. The van der Waals surface area contributed by atoms with Crippen LogP contribution in [0.5, 0.6) is 5.75 Å². The number of ether oxygens (including phenoxy) is 1. The van der Waals surface area contributed by atoms with Gasteiger partial charge in [0.25, 0.3) is 0 Å². The number of hydrogen-bond acceptors (Lipinski definition) is 3. The van der Waals surface area contributed by atoms with Crippen molar-refractivity contribution >= 4 is 16.8 Å². The molecule has 5 aliphatic rings. The summed E-state index contributed by atoms with van der Waals surface area (Å²) in [5, 5.41) is 4.48. The third-order valence-electron chi connectivity index (χ3n) is 9.48. The van der Waals surface area contributed by atoms with E-state index in [1.54, 1.807) is 12.1 Å². The van der Waals surface area contributed by atoms with Gasteiger partial charge >= 0.3 is 0 Å². The maximum absolute atomic E-state index is 13.3. The summed E-state index contributed by atoms with van der Waals surface area (Å²) in [6, 6.07) is 15.2. The van der Waals surface area contributed by atoms with E-state index in [0.29, 0.717) is 17.8 Å². The number of hydrogen-bond donors (Lipinski definition) is 1. The van der Waals surface area contributed by atoms with Crippen LogP contribution in [0.15, 0.2) is 54.7 Å². The Morgan fingerprint density at radius 1 is 1.05 bits per heavy atom. The molecule has 5 heteroatoms. The Bertz CT molecular complexity index is 1300. The number of carbonyl (C=O) groups is 1. The molecule has 4 nitrogen and oxygen atoms in total. The van der Waals surface area contributed by atoms with E-state index in [1.807, 2.05) is 44.3 Å². The Hall–Kier alpha value is -2.95. The Morgan fingerprint density at radius 3 is 2.41 bits per heavy atom. The standard InChI is InChI=1S/C30H31FN2O2.C2H6/c1-17-3-8-25-24(11-17)26(9-10-32-25)35-21-12-22-23(13-21)27(22)18(2)28(34)33-30-14-29(15-30,16-30)19-4-6-20(31)7-5-19;1-2/h3-11,18,21-23,27H,12-16H2,1-2H3,(H,33,34);1-2H3/t18?,21?,22-,23+,27?,29?,30?;. The minimum absolute atomic E-state index is 0.0318. The molecule has 194 valence electrons. The van der Waals surface area contributed by atoms with Gasteiger partial charge in [0.15, 0.2) is 0 Å². The summed E-state index contributed by atoms with van der Waals surface area (Å²) in [6.07, 6.45) is 7.05. The van der Waals surface area contributed by atoms with Crippen molar-refractivity contribution in [2.45, 2.75) is 76.9 Å². The van der Waals surface area contributed by atoms with E-state index in [-0.39, 0.29) is 34.7 Å². The van der Waals surface area contributed by atoms with Crippen LogP contribution in [0.1, 0.15) is 64.0 Å². The third-order valence-corrected chi connectivity index (χ3v) is 9.48. The molecule has 0 spiro atoms. The molecule has 5 saturated carbocycles. The number of fused-ring (bicyclic) bond motifs is 2. The van der Waals surface area contributed by atoms with Crippen LogP contribution in [0.3, 0.4) is 0 Å². The number of nitrogens with one attached hydrogen (secondary N) is 1. The lowest BCUT2D eigenvalue weighted by Gasteiger charge is -2.71. The molecule has 5 fully saturated rings. The van der Waals surface area contributed by atoms with Gasteiger partial charge in [-0.3, -0.25) is 9.78 Å². The Morgan fingerprint density at radius 2 is 1.73 bits per heavy atom. The molecule has 0 saturated heterocycles. The molecule has 8 rings (SSSR count). The number of aryl methyl sites for hydroxylation is 1. The van der Waals surface area contributed by atoms with E-state index in [4.69, 9.17) is 4.74 Å². The molecule has 1 amide bonds. The minimum atomic E-state index is -0.191. The average Bonchev–Trinajstić information content (AvgIpc) is 3.36. The van der Waals surface area contributed by atoms with Crippen molar-refractivity contribution in [3.8, 4) is 5.75 Å². The molecule has 3 aromatic rings. The first-order valence-corrected chi connectivity index (χ1v) is 13.9. The largest absolute Gasteiger partial charge is 0.490 e. The predicted molar refractivity (Wildman–Crippen MR) is 144 cm³/mol. The highest BCUT2D eigenvalue weighted by atomic mass is 19.1. The van der Waals surface area contributed by atoms with Gasteiger partial charge in [0.2, 0.25) is 5.91 Å². The number of halogens is 1. The first-order valence-electron chi connectivity index (χ1n) is 13.9. The van der Waals surface area contributed by atoms with Gasteiger partial charge in [-0.2, -0.15) is 0 Å². The van der Waals surface area contributed by atoms with Crippen molar-refractivity contribution in [1.82, 2.24) is 10.3 Å². The van der Waals surface area contributed by atoms with Crippen LogP contribution < -0.4 is 10.1 Å². The van der Waals surface area contributed by atoms with Gasteiger partial charge in [0, 0.05) is 28.5 Å². The number of pyridine rings is 1. The highest BCUT2D eigenvalue weighted by Crippen LogP contribution is 2.68. The lowest BCUT2D eigenvalue weighted by molar-refractivity contribution is -0.142. The monoisotopic (exact) mass is 500 g/mol. The van der Waals surface area contributed by atoms with Gasteiger partial charge in [-0.25, -0.2) is 4.39 Å². The lowest BCUT2D eigenvalue weighted by Crippen LogP contribution is -2.77. The second-order valence-electron chi connectivity index (χ2n) is 11.8. The van der Waals surface area contributed by atoms with Gasteiger partial charge in [0.1, 0.15) is 11.6 Å². The molecular weight excluding hydrogens is 463 g/mol. The number of aromatic nitrogens is 1. The van der Waals surface area contributed by atoms with Crippen molar-refractivity contribution in [3.63, 3.8) is 0 Å². The summed E-state index contributed by atoms with van der Waals surface area (Å²) in [7, 11) is 0. The number of amides is 1. The lowest BCUT2D eigenvalue weighted by atomic mass is 9.37. The second-order valence-corrected chi connectivity index (χ2v) is 11.8. The average molecular weight is 501 g/mol. The Labute approximate surface area is 219 Å². The van der Waals surface area contributed by atoms with Crippen molar-refractivity contribution in [1.29, 1.82) is 0 Å². The van der Waals surface area contributed by atoms with E-state index in [1.165, 1.54) is 11.1 Å². The van der Waals surface area contributed by atoms with Crippen LogP contribution in [0.25, 0.3) is 10.9 Å². The first kappa shape index (κ1) is 24.4. The topological polar surface area (TPSA) is 51.2 Å². The summed E-state index contributed by atoms with van der Waals surface area (Å²) in [5.74, 6) is 2.65. The van der Waals surface area contributed by atoms with E-state index in [2.05, 4.69) is 36.3 Å². The molecule has 5 atom stereocenters. The zero-order chi connectivity index (χ0) is 25.9. The number of rotatable bonds is 6. The Balaban J connectivity index is 0.00000123. The van der Waals surface area contributed by atoms with Crippen LogP contribution in [0.4, 0.5) is 4.39 Å². The normalized spacial score (nSPS) is 33.2. The first-order chi connectivity index (χ1) is 17.8. The summed E-state index contributed by atoms with van der Waals surface area (Å²) in [5.41, 5.74) is 3.50. The smallest absolute Gasteiger partial charge is 0.223 e.